The molecule has 6 N–H and O–H groups in total. The molecular weight excluding hydrogens is 1000 g/mol. The van der Waals surface area contributed by atoms with Crippen molar-refractivity contribution in [1.82, 2.24) is 30.7 Å². The van der Waals surface area contributed by atoms with Crippen LogP contribution < -0.4 is 21.7 Å². The fourth-order valence-corrected chi connectivity index (χ4v) is 11.6. The summed E-state index contributed by atoms with van der Waals surface area (Å²) in [7, 11) is 0. The highest BCUT2D eigenvalue weighted by molar-refractivity contribution is 6.06. The van der Waals surface area contributed by atoms with Crippen molar-refractivity contribution < 1.29 is 47.9 Å². The van der Waals surface area contributed by atoms with Crippen LogP contribution in [0.2, 0.25) is 0 Å². The number of ether oxygens (including phenoxy) is 1. The number of H-pyrrole nitrogens is 1. The van der Waals surface area contributed by atoms with Gasteiger partial charge in [-0.05, 0) is 118 Å². The number of primary amides is 1. The van der Waals surface area contributed by atoms with E-state index in [0.717, 1.165) is 47.9 Å². The van der Waals surface area contributed by atoms with Gasteiger partial charge in [0, 0.05) is 78.4 Å². The number of Topliss-reactive ketones (excluding diaryl/α,β-unsaturated/α-hetero) is 2. The molecule has 0 spiro atoms. The van der Waals surface area contributed by atoms with Crippen LogP contribution in [0.3, 0.4) is 0 Å². The average molecular weight is 1070 g/mol. The summed E-state index contributed by atoms with van der Waals surface area (Å²) in [5, 5.41) is 8.91. The molecule has 0 saturated carbocycles. The molecule has 5 aromatic rings. The Bertz CT molecular complexity index is 3160. The summed E-state index contributed by atoms with van der Waals surface area (Å²) in [6.45, 7) is 2.19. The lowest BCUT2D eigenvalue weighted by Gasteiger charge is -2.37. The molecule has 1 aromatic heterocycles. The number of imide groups is 1. The molecule has 3 saturated heterocycles. The molecule has 4 aliphatic rings. The van der Waals surface area contributed by atoms with Gasteiger partial charge in [0.15, 0.2) is 11.6 Å². The Balaban J connectivity index is 0.844. The molecule has 79 heavy (non-hydrogen) atoms. The highest BCUT2D eigenvalue weighted by Crippen LogP contribution is 2.35. The van der Waals surface area contributed by atoms with Gasteiger partial charge in [0.05, 0.1) is 12.1 Å². The van der Waals surface area contributed by atoms with Crippen molar-refractivity contribution in [3.63, 3.8) is 0 Å². The number of carbonyl (C=O) groups is 9. The van der Waals surface area contributed by atoms with Gasteiger partial charge in [-0.25, -0.2) is 0 Å². The van der Waals surface area contributed by atoms with E-state index in [1.165, 1.54) is 11.8 Å². The Kier molecular flexibility index (Phi) is 17.9. The molecule has 3 fully saturated rings. The summed E-state index contributed by atoms with van der Waals surface area (Å²) < 4.78 is 6.55. The zero-order valence-corrected chi connectivity index (χ0v) is 44.4. The number of benzene rings is 4. The van der Waals surface area contributed by atoms with E-state index in [-0.39, 0.29) is 79.7 Å². The molecular formula is C62H67N7O10. The van der Waals surface area contributed by atoms with Crippen molar-refractivity contribution >= 4 is 63.8 Å². The van der Waals surface area contributed by atoms with Crippen molar-refractivity contribution in [3.05, 3.63) is 142 Å². The third kappa shape index (κ3) is 13.4. The van der Waals surface area contributed by atoms with Crippen LogP contribution >= 0.6 is 0 Å². The minimum absolute atomic E-state index is 0.0200. The van der Waals surface area contributed by atoms with Crippen LogP contribution in [0.4, 0.5) is 0 Å². The minimum atomic E-state index is -1.07. The number of rotatable bonds is 21. The highest BCUT2D eigenvalue weighted by Gasteiger charge is 2.46. The quantitative estimate of drug-likeness (QED) is 0.0225. The number of aromatic nitrogens is 1. The third-order valence-corrected chi connectivity index (χ3v) is 15.8. The van der Waals surface area contributed by atoms with E-state index in [9.17, 15) is 43.2 Å². The number of ketones is 2. The number of carbonyl (C=O) groups excluding carboxylic acids is 9. The number of nitrogens with two attached hydrogens (primary N) is 1. The molecule has 6 atom stereocenters. The van der Waals surface area contributed by atoms with Crippen molar-refractivity contribution in [1.29, 1.82) is 0 Å². The second-order valence-corrected chi connectivity index (χ2v) is 21.2. The Morgan fingerprint density at radius 3 is 2.29 bits per heavy atom. The first-order valence-electron chi connectivity index (χ1n) is 27.6. The highest BCUT2D eigenvalue weighted by atomic mass is 16.5. The first-order chi connectivity index (χ1) is 38.2. The number of amides is 7. The van der Waals surface area contributed by atoms with Crippen LogP contribution in [0.25, 0.3) is 10.9 Å². The molecule has 1 unspecified atom stereocenters. The number of fused-ring (bicyclic) bond motifs is 3. The van der Waals surface area contributed by atoms with Gasteiger partial charge < -0.3 is 35.9 Å². The van der Waals surface area contributed by atoms with Crippen molar-refractivity contribution in [2.75, 3.05) is 6.61 Å². The van der Waals surface area contributed by atoms with E-state index in [1.807, 2.05) is 66.7 Å². The van der Waals surface area contributed by atoms with Crippen LogP contribution in [0.15, 0.2) is 103 Å². The number of nitrogens with zero attached hydrogens (tertiary/aromatic N) is 2. The first-order valence-corrected chi connectivity index (χ1v) is 27.6. The molecule has 17 nitrogen and oxygen atoms in total. The zero-order chi connectivity index (χ0) is 55.6. The standard InChI is InChI=1S/C62H67N7O10/c1-38(70)42-22-25-49-43(33-42)34-52(64-49)58(74)66-51-26-24-45(79-32-13-5-3-2-4-8-19-41-20-14-21-46-48(41)37-68(61(46)77)53-29-31-57(73)67-59(53)75)35-44-23-28-54(69(44)62(51)78)60(76)65-50(27-30-56(63)72)55(71)36-47(39-15-9-6-10-16-39)40-17-11-7-12-18-40/h6-7,9-12,14-18,20-22,25,33-34,44-45,47,50-51,53-54,64H,2-5,13,23-24,26-32,35-37H2,1H3,(H2,63,72)(H,65,76)(H,66,74)(H,67,73,75)/t44-,45+,50+,51+,53?,54+/m1/s1. The second kappa shape index (κ2) is 25.5. The normalized spacial score (nSPS) is 20.4. The molecule has 9 rings (SSSR count). The Morgan fingerprint density at radius 1 is 0.823 bits per heavy atom. The maximum Gasteiger partial charge on any atom is 0.268 e. The van der Waals surface area contributed by atoms with Crippen LogP contribution in [0.1, 0.15) is 163 Å². The summed E-state index contributed by atoms with van der Waals surface area (Å²) in [5.41, 5.74) is 10.8. The van der Waals surface area contributed by atoms with Crippen molar-refractivity contribution in [2.24, 2.45) is 5.73 Å². The average Bonchev–Trinajstić information content (AvgIpc) is 4.21. The van der Waals surface area contributed by atoms with Crippen LogP contribution in [-0.2, 0) is 40.0 Å². The fourth-order valence-electron chi connectivity index (χ4n) is 11.6. The largest absolute Gasteiger partial charge is 0.378 e. The van der Waals surface area contributed by atoms with Gasteiger partial charge in [0.2, 0.25) is 29.5 Å². The van der Waals surface area contributed by atoms with E-state index in [4.69, 9.17) is 10.5 Å². The maximum atomic E-state index is 14.9. The van der Waals surface area contributed by atoms with E-state index < -0.39 is 59.7 Å². The first kappa shape index (κ1) is 55.5. The third-order valence-electron chi connectivity index (χ3n) is 15.8. The molecule has 0 bridgehead atoms. The van der Waals surface area contributed by atoms with E-state index in [2.05, 4.69) is 32.8 Å². The number of unbranched alkanes of at least 4 members (excludes halogenated alkanes) is 4. The van der Waals surface area contributed by atoms with Crippen molar-refractivity contribution in [3.8, 4) is 11.8 Å². The van der Waals surface area contributed by atoms with E-state index in [0.29, 0.717) is 67.2 Å². The van der Waals surface area contributed by atoms with Gasteiger partial charge in [-0.15, -0.1) is 0 Å². The van der Waals surface area contributed by atoms with Crippen LogP contribution in [0.5, 0.6) is 0 Å². The van der Waals surface area contributed by atoms with Gasteiger partial charge >= 0.3 is 0 Å². The van der Waals surface area contributed by atoms with Gasteiger partial charge in [0.25, 0.3) is 11.8 Å². The van der Waals surface area contributed by atoms with Crippen LogP contribution in [0, 0.1) is 11.8 Å². The van der Waals surface area contributed by atoms with E-state index in [1.54, 1.807) is 41.3 Å². The maximum absolute atomic E-state index is 14.9. The summed E-state index contributed by atoms with van der Waals surface area (Å²) >= 11 is 0. The van der Waals surface area contributed by atoms with Crippen molar-refractivity contribution in [2.45, 2.75) is 152 Å². The van der Waals surface area contributed by atoms with Crippen LogP contribution in [-0.4, -0.2) is 111 Å². The van der Waals surface area contributed by atoms with E-state index >= 15 is 0 Å². The molecule has 0 radical (unpaired) electrons. The smallest absolute Gasteiger partial charge is 0.268 e. The summed E-state index contributed by atoms with van der Waals surface area (Å²) in [4.78, 5) is 126. The molecule has 4 aromatic carbocycles. The predicted octanol–water partition coefficient (Wildman–Crippen LogP) is 6.70. The zero-order valence-electron chi connectivity index (χ0n) is 44.4. The lowest BCUT2D eigenvalue weighted by atomic mass is 9.85. The topological polar surface area (TPSA) is 247 Å². The predicted molar refractivity (Wildman–Crippen MR) is 294 cm³/mol. The molecule has 0 aliphatic carbocycles. The summed E-state index contributed by atoms with van der Waals surface area (Å²) in [6.07, 6.45) is 6.05. The number of hydrogen-bond donors (Lipinski definition) is 5. The molecule has 410 valence electrons. The number of aromatic amines is 1. The van der Waals surface area contributed by atoms with Gasteiger partial charge in [0.1, 0.15) is 23.8 Å². The minimum Gasteiger partial charge on any atom is -0.378 e. The number of hydrogen-bond acceptors (Lipinski definition) is 10. The SMILES string of the molecule is CC(=O)c1ccc2[nH]c(C(=O)N[C@H]3CC[C@H](OCCCCCCC#Cc4cccc5c4CN(C4CCC(=O)NC4=O)C5=O)C[C@H]4CC[C@@H](C(=O)N[C@@H](CCC(N)=O)C(=O)CC(c5ccccc5)c5ccccc5)N4C3=O)cc2c1. The Hall–Kier alpha value is -8.23. The molecule has 4 aliphatic heterocycles. The Morgan fingerprint density at radius 2 is 1.57 bits per heavy atom. The molecule has 7 amide bonds. The van der Waals surface area contributed by atoms with Gasteiger partial charge in [-0.2, -0.15) is 0 Å². The second-order valence-electron chi connectivity index (χ2n) is 21.2. The van der Waals surface area contributed by atoms with Gasteiger partial charge in [-0.3, -0.25) is 48.5 Å². The number of piperidine rings is 1. The summed E-state index contributed by atoms with van der Waals surface area (Å²) in [6, 6.07) is 27.2. The Labute approximate surface area is 459 Å². The summed E-state index contributed by atoms with van der Waals surface area (Å²) in [5.74, 6) is 2.66. The number of nitrogens with one attached hydrogen (secondary N) is 4. The fraction of sp³-hybridized carbons (Fsp3) is 0.403. The van der Waals surface area contributed by atoms with Gasteiger partial charge in [-0.1, -0.05) is 91.4 Å². The monoisotopic (exact) mass is 1070 g/mol. The molecule has 17 heteroatoms. The molecule has 5 heterocycles. The lowest BCUT2D eigenvalue weighted by Crippen LogP contribution is -2.58. The lowest BCUT2D eigenvalue weighted by molar-refractivity contribution is -0.144.